The second kappa shape index (κ2) is 6.79. The molecule has 3 heteroatoms. The maximum absolute atomic E-state index is 11.9. The molecule has 0 unspecified atom stereocenters. The van der Waals surface area contributed by atoms with Crippen LogP contribution in [0.4, 0.5) is 0 Å². The molecule has 18 heavy (non-hydrogen) atoms. The van der Waals surface area contributed by atoms with Crippen molar-refractivity contribution in [1.82, 2.24) is 0 Å². The molecule has 1 aliphatic carbocycles. The zero-order valence-electron chi connectivity index (χ0n) is 10.5. The Balaban J connectivity index is 1.71. The van der Waals surface area contributed by atoms with Crippen LogP contribution in [0.2, 0.25) is 5.02 Å². The number of ketones is 1. The molecule has 1 saturated carbocycles. The minimum Gasteiger partial charge on any atom is -0.493 e. The quantitative estimate of drug-likeness (QED) is 0.796. The average Bonchev–Trinajstić information content (AvgIpc) is 2.42. The van der Waals surface area contributed by atoms with Crippen LogP contribution in [0.3, 0.4) is 0 Å². The summed E-state index contributed by atoms with van der Waals surface area (Å²) >= 11 is 5.79. The Bertz CT molecular complexity index is 380. The summed E-state index contributed by atoms with van der Waals surface area (Å²) in [5.41, 5.74) is 0. The highest BCUT2D eigenvalue weighted by molar-refractivity contribution is 6.30. The maximum Gasteiger partial charge on any atom is 0.139 e. The Kier molecular flexibility index (Phi) is 5.06. The van der Waals surface area contributed by atoms with Crippen LogP contribution in [0.5, 0.6) is 5.75 Å². The monoisotopic (exact) mass is 266 g/mol. The van der Waals surface area contributed by atoms with Crippen molar-refractivity contribution in [3.8, 4) is 5.75 Å². The molecule has 0 bridgehead atoms. The van der Waals surface area contributed by atoms with Crippen LogP contribution >= 0.6 is 11.6 Å². The van der Waals surface area contributed by atoms with E-state index in [2.05, 4.69) is 0 Å². The number of halogens is 1. The predicted molar refractivity (Wildman–Crippen MR) is 73.1 cm³/mol. The molecule has 0 N–H and O–H groups in total. The van der Waals surface area contributed by atoms with Crippen molar-refractivity contribution in [3.63, 3.8) is 0 Å². The Morgan fingerprint density at radius 3 is 2.50 bits per heavy atom. The first kappa shape index (κ1) is 13.4. The summed E-state index contributed by atoms with van der Waals surface area (Å²) in [4.78, 5) is 11.9. The van der Waals surface area contributed by atoms with Crippen LogP contribution < -0.4 is 4.74 Å². The summed E-state index contributed by atoms with van der Waals surface area (Å²) in [5.74, 6) is 1.42. The van der Waals surface area contributed by atoms with Gasteiger partial charge in [-0.05, 0) is 37.1 Å². The molecular weight excluding hydrogens is 248 g/mol. The van der Waals surface area contributed by atoms with Crippen LogP contribution in [-0.4, -0.2) is 12.4 Å². The highest BCUT2D eigenvalue weighted by Gasteiger charge is 2.20. The van der Waals surface area contributed by atoms with Gasteiger partial charge in [0.05, 0.1) is 6.61 Å². The van der Waals surface area contributed by atoms with Gasteiger partial charge in [-0.3, -0.25) is 4.79 Å². The molecule has 1 aliphatic rings. The van der Waals surface area contributed by atoms with E-state index in [1.165, 1.54) is 19.3 Å². The normalized spacial score (nSPS) is 16.5. The molecule has 1 aromatic rings. The highest BCUT2D eigenvalue weighted by atomic mass is 35.5. The van der Waals surface area contributed by atoms with Crippen LogP contribution in [0.25, 0.3) is 0 Å². The van der Waals surface area contributed by atoms with Gasteiger partial charge < -0.3 is 4.74 Å². The lowest BCUT2D eigenvalue weighted by Crippen LogP contribution is -2.19. The molecule has 0 radical (unpaired) electrons. The smallest absolute Gasteiger partial charge is 0.139 e. The molecule has 0 aromatic heterocycles. The van der Waals surface area contributed by atoms with E-state index in [9.17, 15) is 4.79 Å². The van der Waals surface area contributed by atoms with Crippen molar-refractivity contribution in [3.05, 3.63) is 29.3 Å². The van der Waals surface area contributed by atoms with Gasteiger partial charge in [-0.15, -0.1) is 0 Å². The van der Waals surface area contributed by atoms with Crippen molar-refractivity contribution in [2.45, 2.75) is 38.5 Å². The number of carbonyl (C=O) groups is 1. The lowest BCUT2D eigenvalue weighted by molar-refractivity contribution is -0.124. The van der Waals surface area contributed by atoms with Gasteiger partial charge in [0, 0.05) is 17.4 Å². The standard InChI is InChI=1S/C15H19ClO2/c16-13-6-8-14(9-7-13)18-11-10-15(17)12-4-2-1-3-5-12/h6-9,12H,1-5,10-11H2. The molecule has 98 valence electrons. The van der Waals surface area contributed by atoms with Crippen LogP contribution in [0, 0.1) is 5.92 Å². The SMILES string of the molecule is O=C(CCOc1ccc(Cl)cc1)C1CCCCC1. The third-order valence-electron chi connectivity index (χ3n) is 3.49. The van der Waals surface area contributed by atoms with E-state index in [-0.39, 0.29) is 5.92 Å². The first-order chi connectivity index (χ1) is 8.75. The molecule has 0 atom stereocenters. The summed E-state index contributed by atoms with van der Waals surface area (Å²) in [7, 11) is 0. The van der Waals surface area contributed by atoms with Gasteiger partial charge in [0.15, 0.2) is 0 Å². The third-order valence-corrected chi connectivity index (χ3v) is 3.74. The number of rotatable bonds is 5. The van der Waals surface area contributed by atoms with Gasteiger partial charge in [-0.2, -0.15) is 0 Å². The second-order valence-electron chi connectivity index (χ2n) is 4.85. The molecule has 0 spiro atoms. The van der Waals surface area contributed by atoms with Crippen molar-refractivity contribution < 1.29 is 9.53 Å². The van der Waals surface area contributed by atoms with Gasteiger partial charge in [-0.1, -0.05) is 30.9 Å². The van der Waals surface area contributed by atoms with Gasteiger partial charge in [0.2, 0.25) is 0 Å². The largest absolute Gasteiger partial charge is 0.493 e. The molecule has 0 aliphatic heterocycles. The van der Waals surface area contributed by atoms with Crippen molar-refractivity contribution >= 4 is 17.4 Å². The van der Waals surface area contributed by atoms with E-state index < -0.39 is 0 Å². The van der Waals surface area contributed by atoms with Gasteiger partial charge in [0.25, 0.3) is 0 Å². The summed E-state index contributed by atoms with van der Waals surface area (Å²) in [5, 5.41) is 0.695. The van der Waals surface area contributed by atoms with E-state index in [0.717, 1.165) is 18.6 Å². The minimum absolute atomic E-state index is 0.285. The molecule has 0 amide bonds. The van der Waals surface area contributed by atoms with Crippen LogP contribution in [0.1, 0.15) is 38.5 Å². The fourth-order valence-electron chi connectivity index (χ4n) is 2.43. The average molecular weight is 267 g/mol. The molecule has 0 heterocycles. The van der Waals surface area contributed by atoms with E-state index in [4.69, 9.17) is 16.3 Å². The van der Waals surface area contributed by atoms with E-state index in [0.29, 0.717) is 23.8 Å². The fourth-order valence-corrected chi connectivity index (χ4v) is 2.55. The Labute approximate surface area is 113 Å². The molecule has 2 rings (SSSR count). The molecule has 2 nitrogen and oxygen atoms in total. The predicted octanol–water partition coefficient (Wildman–Crippen LogP) is 4.26. The minimum atomic E-state index is 0.285. The number of carbonyl (C=O) groups excluding carboxylic acids is 1. The summed E-state index contributed by atoms with van der Waals surface area (Å²) in [6.45, 7) is 0.469. The lowest BCUT2D eigenvalue weighted by Gasteiger charge is -2.20. The molecule has 1 fully saturated rings. The summed E-state index contributed by atoms with van der Waals surface area (Å²) in [6.07, 6.45) is 6.35. The van der Waals surface area contributed by atoms with Gasteiger partial charge >= 0.3 is 0 Å². The zero-order valence-corrected chi connectivity index (χ0v) is 11.3. The molecule has 1 aromatic carbocycles. The number of ether oxygens (including phenoxy) is 1. The van der Waals surface area contributed by atoms with E-state index in [1.54, 1.807) is 12.1 Å². The maximum atomic E-state index is 11.9. The number of benzene rings is 1. The van der Waals surface area contributed by atoms with E-state index >= 15 is 0 Å². The van der Waals surface area contributed by atoms with Crippen LogP contribution in [-0.2, 0) is 4.79 Å². The zero-order chi connectivity index (χ0) is 12.8. The first-order valence-electron chi connectivity index (χ1n) is 6.67. The van der Waals surface area contributed by atoms with E-state index in [1.807, 2.05) is 12.1 Å². The van der Waals surface area contributed by atoms with Crippen molar-refractivity contribution in [2.75, 3.05) is 6.61 Å². The number of Topliss-reactive ketones (excluding diaryl/α,β-unsaturated/α-hetero) is 1. The molecule has 0 saturated heterocycles. The Morgan fingerprint density at radius 1 is 1.17 bits per heavy atom. The summed E-state index contributed by atoms with van der Waals surface area (Å²) in [6, 6.07) is 7.24. The lowest BCUT2D eigenvalue weighted by atomic mass is 9.85. The highest BCUT2D eigenvalue weighted by Crippen LogP contribution is 2.25. The number of hydrogen-bond acceptors (Lipinski definition) is 2. The number of hydrogen-bond donors (Lipinski definition) is 0. The Morgan fingerprint density at radius 2 is 1.83 bits per heavy atom. The van der Waals surface area contributed by atoms with Crippen molar-refractivity contribution in [2.24, 2.45) is 5.92 Å². The fraction of sp³-hybridized carbons (Fsp3) is 0.533. The second-order valence-corrected chi connectivity index (χ2v) is 5.29. The van der Waals surface area contributed by atoms with Gasteiger partial charge in [-0.25, -0.2) is 0 Å². The van der Waals surface area contributed by atoms with Crippen molar-refractivity contribution in [1.29, 1.82) is 0 Å². The van der Waals surface area contributed by atoms with Gasteiger partial charge in [0.1, 0.15) is 11.5 Å². The summed E-state index contributed by atoms with van der Waals surface area (Å²) < 4.78 is 5.54. The molecular formula is C15H19ClO2. The third kappa shape index (κ3) is 4.02. The first-order valence-corrected chi connectivity index (χ1v) is 7.04. The van der Waals surface area contributed by atoms with Crippen LogP contribution in [0.15, 0.2) is 24.3 Å². The Hall–Kier alpha value is -1.02. The topological polar surface area (TPSA) is 26.3 Å².